The molecule has 64 valence electrons. The van der Waals surface area contributed by atoms with E-state index in [0.717, 1.165) is 19.3 Å². The third-order valence-corrected chi connectivity index (χ3v) is 1.65. The zero-order valence-electron chi connectivity index (χ0n) is 7.30. The number of hydrogen-bond donors (Lipinski definition) is 0. The van der Waals surface area contributed by atoms with Crippen LogP contribution in [-0.4, -0.2) is 13.1 Å². The molecule has 0 saturated carbocycles. The molecule has 0 aromatic rings. The van der Waals surface area contributed by atoms with Crippen molar-refractivity contribution in [1.82, 2.24) is 0 Å². The van der Waals surface area contributed by atoms with E-state index in [9.17, 15) is 4.79 Å². The second-order valence-corrected chi connectivity index (χ2v) is 2.64. The van der Waals surface area contributed by atoms with E-state index in [-0.39, 0.29) is 11.9 Å². The summed E-state index contributed by atoms with van der Waals surface area (Å²) in [5.41, 5.74) is 0. The van der Waals surface area contributed by atoms with Gasteiger partial charge in [0.15, 0.2) is 0 Å². The Balaban J connectivity index is 3.43. The molecule has 0 rings (SSSR count). The average Bonchev–Trinajstić information content (AvgIpc) is 2.03. The van der Waals surface area contributed by atoms with Crippen molar-refractivity contribution in [2.45, 2.75) is 26.2 Å². The Hall–Kier alpha value is -0.790. The van der Waals surface area contributed by atoms with Gasteiger partial charge >= 0.3 is 5.97 Å². The van der Waals surface area contributed by atoms with Crippen molar-refractivity contribution in [2.24, 2.45) is 5.92 Å². The molecule has 0 radical (unpaired) electrons. The van der Waals surface area contributed by atoms with Crippen molar-refractivity contribution in [3.05, 3.63) is 12.7 Å². The molecule has 0 aliphatic rings. The number of allylic oxidation sites excluding steroid dienone is 1. The van der Waals surface area contributed by atoms with Crippen molar-refractivity contribution >= 4 is 5.97 Å². The quantitative estimate of drug-likeness (QED) is 0.346. The fourth-order valence-corrected chi connectivity index (χ4v) is 0.887. The van der Waals surface area contributed by atoms with E-state index in [1.165, 1.54) is 7.11 Å². The van der Waals surface area contributed by atoms with E-state index in [1.54, 1.807) is 0 Å². The second-order valence-electron chi connectivity index (χ2n) is 2.64. The summed E-state index contributed by atoms with van der Waals surface area (Å²) in [6, 6.07) is 0. The Morgan fingerprint density at radius 3 is 2.82 bits per heavy atom. The van der Waals surface area contributed by atoms with Crippen LogP contribution in [0.5, 0.6) is 0 Å². The second kappa shape index (κ2) is 5.96. The van der Waals surface area contributed by atoms with E-state index in [0.29, 0.717) is 0 Å². The number of esters is 1. The highest BCUT2D eigenvalue weighted by Crippen LogP contribution is 2.08. The van der Waals surface area contributed by atoms with Gasteiger partial charge in [0.25, 0.3) is 0 Å². The van der Waals surface area contributed by atoms with E-state index < -0.39 is 0 Å². The molecule has 0 saturated heterocycles. The first-order valence-corrected chi connectivity index (χ1v) is 3.91. The van der Waals surface area contributed by atoms with Gasteiger partial charge in [-0.1, -0.05) is 13.0 Å². The maximum absolute atomic E-state index is 10.9. The lowest BCUT2D eigenvalue weighted by Gasteiger charge is -2.06. The summed E-state index contributed by atoms with van der Waals surface area (Å²) in [4.78, 5) is 10.9. The highest BCUT2D eigenvalue weighted by Gasteiger charge is 2.11. The zero-order valence-corrected chi connectivity index (χ0v) is 7.30. The number of hydrogen-bond acceptors (Lipinski definition) is 2. The third kappa shape index (κ3) is 4.59. The molecule has 0 aromatic heterocycles. The number of rotatable bonds is 5. The maximum Gasteiger partial charge on any atom is 0.308 e. The predicted molar refractivity (Wildman–Crippen MR) is 45.2 cm³/mol. The third-order valence-electron chi connectivity index (χ3n) is 1.65. The molecule has 2 nitrogen and oxygen atoms in total. The number of unbranched alkanes of at least 4 members (excludes halogenated alkanes) is 1. The summed E-state index contributed by atoms with van der Waals surface area (Å²) < 4.78 is 4.58. The van der Waals surface area contributed by atoms with Crippen LogP contribution in [-0.2, 0) is 9.53 Å². The molecule has 11 heavy (non-hydrogen) atoms. The molecule has 0 bridgehead atoms. The van der Waals surface area contributed by atoms with Crippen LogP contribution in [0.25, 0.3) is 0 Å². The lowest BCUT2D eigenvalue weighted by atomic mass is 10.0. The topological polar surface area (TPSA) is 26.3 Å². The van der Waals surface area contributed by atoms with Gasteiger partial charge in [-0.15, -0.1) is 6.58 Å². The van der Waals surface area contributed by atoms with Gasteiger partial charge in [-0.2, -0.15) is 0 Å². The molecule has 0 amide bonds. The van der Waals surface area contributed by atoms with Crippen molar-refractivity contribution in [1.29, 1.82) is 0 Å². The standard InChI is InChI=1S/C9H16O2/c1-4-5-6-7-8(2)9(10)11-3/h4,8H,1,5-7H2,2-3H3. The smallest absolute Gasteiger partial charge is 0.308 e. The number of carbonyl (C=O) groups is 1. The molecule has 0 aliphatic carbocycles. The molecular weight excluding hydrogens is 140 g/mol. The number of methoxy groups -OCH3 is 1. The van der Waals surface area contributed by atoms with E-state index in [2.05, 4.69) is 11.3 Å². The molecule has 1 atom stereocenters. The predicted octanol–water partition coefficient (Wildman–Crippen LogP) is 2.15. The Bertz CT molecular complexity index is 130. The van der Waals surface area contributed by atoms with E-state index in [1.807, 2.05) is 13.0 Å². The summed E-state index contributed by atoms with van der Waals surface area (Å²) in [7, 11) is 1.42. The normalized spacial score (nSPS) is 12.2. The lowest BCUT2D eigenvalue weighted by Crippen LogP contribution is -2.12. The van der Waals surface area contributed by atoms with Crippen LogP contribution in [0.4, 0.5) is 0 Å². The Morgan fingerprint density at radius 1 is 1.73 bits per heavy atom. The maximum atomic E-state index is 10.9. The molecule has 0 aromatic carbocycles. The molecule has 0 fully saturated rings. The van der Waals surface area contributed by atoms with E-state index in [4.69, 9.17) is 0 Å². The lowest BCUT2D eigenvalue weighted by molar-refractivity contribution is -0.145. The van der Waals surface area contributed by atoms with Gasteiger partial charge in [-0.25, -0.2) is 0 Å². The fraction of sp³-hybridized carbons (Fsp3) is 0.667. The zero-order chi connectivity index (χ0) is 8.69. The molecular formula is C9H16O2. The largest absolute Gasteiger partial charge is 0.469 e. The fourth-order valence-electron chi connectivity index (χ4n) is 0.887. The summed E-state index contributed by atoms with van der Waals surface area (Å²) in [6.07, 6.45) is 4.74. The van der Waals surface area contributed by atoms with Crippen molar-refractivity contribution in [3.63, 3.8) is 0 Å². The molecule has 0 spiro atoms. The molecule has 2 heteroatoms. The van der Waals surface area contributed by atoms with Gasteiger partial charge in [0.1, 0.15) is 0 Å². The number of ether oxygens (including phenoxy) is 1. The minimum absolute atomic E-state index is 0.0277. The Kier molecular flexibility index (Phi) is 5.53. The van der Waals surface area contributed by atoms with Crippen LogP contribution in [0, 0.1) is 5.92 Å². The summed E-state index contributed by atoms with van der Waals surface area (Å²) in [6.45, 7) is 5.49. The van der Waals surface area contributed by atoms with Crippen LogP contribution in [0.15, 0.2) is 12.7 Å². The van der Waals surface area contributed by atoms with Crippen LogP contribution < -0.4 is 0 Å². The first-order chi connectivity index (χ1) is 5.22. The SMILES string of the molecule is C=CCCCC(C)C(=O)OC. The van der Waals surface area contributed by atoms with Gasteiger partial charge in [0.2, 0.25) is 0 Å². The summed E-state index contributed by atoms with van der Waals surface area (Å²) in [5, 5.41) is 0. The van der Waals surface area contributed by atoms with Gasteiger partial charge in [-0.05, 0) is 19.3 Å². The molecule has 0 aliphatic heterocycles. The molecule has 1 unspecified atom stereocenters. The van der Waals surface area contributed by atoms with Gasteiger partial charge in [-0.3, -0.25) is 4.79 Å². The first-order valence-electron chi connectivity index (χ1n) is 3.91. The van der Waals surface area contributed by atoms with Crippen LogP contribution in [0.1, 0.15) is 26.2 Å². The highest BCUT2D eigenvalue weighted by molar-refractivity contribution is 5.71. The minimum atomic E-state index is -0.117. The highest BCUT2D eigenvalue weighted by atomic mass is 16.5. The summed E-state index contributed by atoms with van der Waals surface area (Å²) >= 11 is 0. The monoisotopic (exact) mass is 156 g/mol. The minimum Gasteiger partial charge on any atom is -0.469 e. The first kappa shape index (κ1) is 10.2. The Morgan fingerprint density at radius 2 is 2.36 bits per heavy atom. The van der Waals surface area contributed by atoms with Gasteiger partial charge in [0.05, 0.1) is 13.0 Å². The van der Waals surface area contributed by atoms with E-state index >= 15 is 0 Å². The van der Waals surface area contributed by atoms with Crippen LogP contribution >= 0.6 is 0 Å². The molecule has 0 heterocycles. The van der Waals surface area contributed by atoms with Crippen LogP contribution in [0.2, 0.25) is 0 Å². The molecule has 0 N–H and O–H groups in total. The van der Waals surface area contributed by atoms with Gasteiger partial charge < -0.3 is 4.74 Å². The van der Waals surface area contributed by atoms with Crippen molar-refractivity contribution < 1.29 is 9.53 Å². The summed E-state index contributed by atoms with van der Waals surface area (Å²) in [5.74, 6) is -0.0889. The van der Waals surface area contributed by atoms with Crippen LogP contribution in [0.3, 0.4) is 0 Å². The number of carbonyl (C=O) groups excluding carboxylic acids is 1. The average molecular weight is 156 g/mol. The van der Waals surface area contributed by atoms with Crippen molar-refractivity contribution in [3.8, 4) is 0 Å². The Labute approximate surface area is 68.2 Å². The van der Waals surface area contributed by atoms with Gasteiger partial charge in [0, 0.05) is 0 Å². The van der Waals surface area contributed by atoms with Crippen molar-refractivity contribution in [2.75, 3.05) is 7.11 Å².